The van der Waals surface area contributed by atoms with E-state index in [9.17, 15) is 14.9 Å². The van der Waals surface area contributed by atoms with Gasteiger partial charge in [0, 0.05) is 17.7 Å². The summed E-state index contributed by atoms with van der Waals surface area (Å²) in [6, 6.07) is 14.6. The number of hydrogen-bond acceptors (Lipinski definition) is 5. The number of carboxylic acid groups (broad SMARTS) is 1. The van der Waals surface area contributed by atoms with Crippen molar-refractivity contribution in [2.24, 2.45) is 0 Å². The maximum absolute atomic E-state index is 11.1. The first kappa shape index (κ1) is 14.4. The smallest absolute Gasteiger partial charge is 0.375 e. The molecule has 2 aromatic carbocycles. The molecule has 0 saturated heterocycles. The molecule has 1 N–H and O–H groups in total. The average molecular weight is 310 g/mol. The highest BCUT2D eigenvalue weighted by Gasteiger charge is 2.18. The van der Waals surface area contributed by atoms with Gasteiger partial charge in [0.2, 0.25) is 0 Å². The summed E-state index contributed by atoms with van der Waals surface area (Å²) < 4.78 is 1.35. The van der Waals surface area contributed by atoms with Crippen molar-refractivity contribution in [1.29, 1.82) is 0 Å². The summed E-state index contributed by atoms with van der Waals surface area (Å²) in [4.78, 5) is 25.4. The minimum Gasteiger partial charge on any atom is -0.475 e. The van der Waals surface area contributed by atoms with Gasteiger partial charge in [-0.15, -0.1) is 5.10 Å². The van der Waals surface area contributed by atoms with E-state index in [2.05, 4.69) is 10.1 Å². The first-order valence-corrected chi connectivity index (χ1v) is 6.57. The molecule has 0 radical (unpaired) electrons. The lowest BCUT2D eigenvalue weighted by molar-refractivity contribution is -0.384. The Bertz CT molecular complexity index is 872. The number of non-ortho nitro benzene ring substituents is 1. The molecule has 1 heterocycles. The molecule has 1 aromatic heterocycles. The Labute approximate surface area is 129 Å². The molecule has 0 bridgehead atoms. The van der Waals surface area contributed by atoms with Gasteiger partial charge in [-0.3, -0.25) is 10.1 Å². The van der Waals surface area contributed by atoms with Gasteiger partial charge in [-0.05, 0) is 12.1 Å². The molecule has 0 spiro atoms. The molecule has 0 saturated carbocycles. The van der Waals surface area contributed by atoms with Crippen molar-refractivity contribution in [3.63, 3.8) is 0 Å². The molecule has 0 fully saturated rings. The minimum atomic E-state index is -1.25. The predicted molar refractivity (Wildman–Crippen MR) is 80.4 cm³/mol. The fourth-order valence-corrected chi connectivity index (χ4v) is 2.07. The molecule has 0 aliphatic heterocycles. The van der Waals surface area contributed by atoms with Crippen LogP contribution in [0.3, 0.4) is 0 Å². The van der Waals surface area contributed by atoms with Crippen LogP contribution in [0.2, 0.25) is 0 Å². The van der Waals surface area contributed by atoms with Crippen LogP contribution in [-0.2, 0) is 0 Å². The molecule has 0 aliphatic carbocycles. The molecule has 114 valence electrons. The summed E-state index contributed by atoms with van der Waals surface area (Å²) >= 11 is 0. The first-order chi connectivity index (χ1) is 11.1. The van der Waals surface area contributed by atoms with Crippen LogP contribution in [0.15, 0.2) is 54.6 Å². The molecule has 8 heteroatoms. The Hall–Kier alpha value is -3.55. The van der Waals surface area contributed by atoms with Crippen molar-refractivity contribution in [3.8, 4) is 17.1 Å². The average Bonchev–Trinajstić information content (AvgIpc) is 3.01. The van der Waals surface area contributed by atoms with Crippen molar-refractivity contribution in [1.82, 2.24) is 14.8 Å². The number of aromatic nitrogens is 3. The first-order valence-electron chi connectivity index (χ1n) is 6.57. The van der Waals surface area contributed by atoms with E-state index in [0.717, 1.165) is 0 Å². The van der Waals surface area contributed by atoms with Gasteiger partial charge in [0.25, 0.3) is 11.5 Å². The van der Waals surface area contributed by atoms with Gasteiger partial charge < -0.3 is 5.11 Å². The molecular formula is C15H10N4O4. The highest BCUT2D eigenvalue weighted by Crippen LogP contribution is 2.22. The number of hydrogen-bond donors (Lipinski definition) is 1. The van der Waals surface area contributed by atoms with Crippen LogP contribution >= 0.6 is 0 Å². The van der Waals surface area contributed by atoms with Gasteiger partial charge in [0.05, 0.1) is 10.6 Å². The molecule has 3 aromatic rings. The minimum absolute atomic E-state index is 0.0615. The zero-order valence-corrected chi connectivity index (χ0v) is 11.7. The van der Waals surface area contributed by atoms with E-state index in [1.807, 2.05) is 6.07 Å². The number of carbonyl (C=O) groups is 1. The summed E-state index contributed by atoms with van der Waals surface area (Å²) in [5.41, 5.74) is 1.11. The predicted octanol–water partition coefficient (Wildman–Crippen LogP) is 2.54. The van der Waals surface area contributed by atoms with Gasteiger partial charge in [-0.25, -0.2) is 14.5 Å². The van der Waals surface area contributed by atoms with Crippen LogP contribution in [-0.4, -0.2) is 30.8 Å². The maximum Gasteiger partial charge on any atom is 0.375 e. The van der Waals surface area contributed by atoms with Crippen LogP contribution in [0.5, 0.6) is 0 Å². The summed E-state index contributed by atoms with van der Waals surface area (Å²) in [6.07, 6.45) is 0. The molecule has 8 nitrogen and oxygen atoms in total. The number of nitrogens with zero attached hydrogens (tertiary/aromatic N) is 4. The fourth-order valence-electron chi connectivity index (χ4n) is 2.07. The third-order valence-electron chi connectivity index (χ3n) is 3.14. The largest absolute Gasteiger partial charge is 0.475 e. The van der Waals surface area contributed by atoms with Crippen LogP contribution in [0, 0.1) is 10.1 Å². The van der Waals surface area contributed by atoms with Gasteiger partial charge in [-0.2, -0.15) is 0 Å². The molecule has 23 heavy (non-hydrogen) atoms. The quantitative estimate of drug-likeness (QED) is 0.585. The number of benzene rings is 2. The van der Waals surface area contributed by atoms with E-state index in [4.69, 9.17) is 5.11 Å². The summed E-state index contributed by atoms with van der Waals surface area (Å²) in [7, 11) is 0. The Morgan fingerprint density at radius 1 is 1.09 bits per heavy atom. The zero-order chi connectivity index (χ0) is 16.4. The second-order valence-corrected chi connectivity index (χ2v) is 4.62. The lowest BCUT2D eigenvalue weighted by Crippen LogP contribution is -2.02. The maximum atomic E-state index is 11.1. The van der Waals surface area contributed by atoms with E-state index in [-0.39, 0.29) is 11.5 Å². The van der Waals surface area contributed by atoms with E-state index < -0.39 is 10.9 Å². The van der Waals surface area contributed by atoms with Crippen molar-refractivity contribution in [2.75, 3.05) is 0 Å². The monoisotopic (exact) mass is 310 g/mol. The van der Waals surface area contributed by atoms with E-state index in [1.54, 1.807) is 24.3 Å². The van der Waals surface area contributed by atoms with Crippen molar-refractivity contribution >= 4 is 11.7 Å². The third kappa shape index (κ3) is 2.77. The van der Waals surface area contributed by atoms with E-state index in [0.29, 0.717) is 17.1 Å². The normalized spacial score (nSPS) is 10.4. The summed E-state index contributed by atoms with van der Waals surface area (Å²) in [5.74, 6) is -1.25. The number of nitro groups is 1. The Morgan fingerprint density at radius 3 is 2.30 bits per heavy atom. The van der Waals surface area contributed by atoms with E-state index in [1.165, 1.54) is 28.9 Å². The molecule has 0 unspecified atom stereocenters. The number of nitro benzene ring substituents is 1. The summed E-state index contributed by atoms with van der Waals surface area (Å²) in [6.45, 7) is 0. The Morgan fingerprint density at radius 2 is 1.74 bits per heavy atom. The second kappa shape index (κ2) is 5.68. The topological polar surface area (TPSA) is 111 Å². The highest BCUT2D eigenvalue weighted by atomic mass is 16.6. The Kier molecular flexibility index (Phi) is 3.55. The van der Waals surface area contributed by atoms with Crippen molar-refractivity contribution in [2.45, 2.75) is 0 Å². The molecule has 0 atom stereocenters. The highest BCUT2D eigenvalue weighted by molar-refractivity contribution is 5.84. The van der Waals surface area contributed by atoms with Crippen LogP contribution < -0.4 is 0 Å². The van der Waals surface area contributed by atoms with Gasteiger partial charge in [-0.1, -0.05) is 30.3 Å². The summed E-state index contributed by atoms with van der Waals surface area (Å²) in [5, 5.41) is 23.8. The molecule has 0 aliphatic rings. The van der Waals surface area contributed by atoms with Crippen LogP contribution in [0.1, 0.15) is 10.6 Å². The molecule has 0 amide bonds. The zero-order valence-electron chi connectivity index (χ0n) is 11.7. The van der Waals surface area contributed by atoms with Crippen molar-refractivity contribution < 1.29 is 14.8 Å². The lowest BCUT2D eigenvalue weighted by Gasteiger charge is -2.05. The molecule has 3 rings (SSSR count). The van der Waals surface area contributed by atoms with Gasteiger partial charge in [0.15, 0.2) is 5.82 Å². The third-order valence-corrected chi connectivity index (χ3v) is 3.14. The fraction of sp³-hybridized carbons (Fsp3) is 0. The van der Waals surface area contributed by atoms with Gasteiger partial charge >= 0.3 is 5.97 Å². The number of aromatic carboxylic acids is 1. The number of rotatable bonds is 4. The van der Waals surface area contributed by atoms with E-state index >= 15 is 0 Å². The SMILES string of the molecule is O=C(O)c1nc(-c2ccccc2)n(-c2ccc([N+](=O)[O-])cc2)n1. The van der Waals surface area contributed by atoms with Gasteiger partial charge in [0.1, 0.15) is 0 Å². The number of carboxylic acids is 1. The van der Waals surface area contributed by atoms with Crippen molar-refractivity contribution in [3.05, 3.63) is 70.5 Å². The second-order valence-electron chi connectivity index (χ2n) is 4.62. The van der Waals surface area contributed by atoms with Crippen LogP contribution in [0.4, 0.5) is 5.69 Å². The standard InChI is InChI=1S/C15H10N4O4/c20-15(21)13-16-14(10-4-2-1-3-5-10)18(17-13)11-6-8-12(9-7-11)19(22)23/h1-9H,(H,20,21). The molecular weight excluding hydrogens is 300 g/mol. The van der Waals surface area contributed by atoms with Crippen LogP contribution in [0.25, 0.3) is 17.1 Å². The Balaban J connectivity index is 2.14. The lowest BCUT2D eigenvalue weighted by atomic mass is 10.2.